The summed E-state index contributed by atoms with van der Waals surface area (Å²) in [6.07, 6.45) is -1.10. The highest BCUT2D eigenvalue weighted by atomic mass is 19.3. The number of pyridine rings is 2. The molecule has 0 unspecified atom stereocenters. The van der Waals surface area contributed by atoms with Crippen LogP contribution in [0.1, 0.15) is 34.1 Å². The molecule has 0 aliphatic carbocycles. The van der Waals surface area contributed by atoms with Gasteiger partial charge in [-0.15, -0.1) is 0 Å². The fraction of sp³-hybridized carbons (Fsp3) is 0.333. The van der Waals surface area contributed by atoms with Gasteiger partial charge in [0.15, 0.2) is 6.61 Å². The van der Waals surface area contributed by atoms with Gasteiger partial charge in [-0.3, -0.25) is 9.59 Å². The van der Waals surface area contributed by atoms with Crippen molar-refractivity contribution < 1.29 is 23.1 Å². The van der Waals surface area contributed by atoms with Crippen LogP contribution in [0.2, 0.25) is 0 Å². The largest absolute Gasteiger partial charge is 0.472 e. The number of carbonyl (C=O) groups excluding carboxylic acids is 2. The molecule has 0 atom stereocenters. The monoisotopic (exact) mass is 378 g/mol. The second-order valence-corrected chi connectivity index (χ2v) is 5.90. The minimum Gasteiger partial charge on any atom is -0.472 e. The molecule has 27 heavy (non-hydrogen) atoms. The summed E-state index contributed by atoms with van der Waals surface area (Å²) in [6, 6.07) is 4.62. The summed E-state index contributed by atoms with van der Waals surface area (Å²) in [6.45, 7) is 4.32. The van der Waals surface area contributed by atoms with Gasteiger partial charge in [0.1, 0.15) is 5.82 Å². The zero-order valence-corrected chi connectivity index (χ0v) is 15.2. The third kappa shape index (κ3) is 6.28. The van der Waals surface area contributed by atoms with E-state index in [1.807, 2.05) is 0 Å². The van der Waals surface area contributed by atoms with Gasteiger partial charge in [-0.25, -0.2) is 18.7 Å². The third-order valence-corrected chi connectivity index (χ3v) is 3.51. The maximum absolute atomic E-state index is 12.4. The van der Waals surface area contributed by atoms with Gasteiger partial charge >= 0.3 is 0 Å². The number of anilines is 1. The van der Waals surface area contributed by atoms with Crippen molar-refractivity contribution in [2.45, 2.75) is 33.7 Å². The molecule has 7 nitrogen and oxygen atoms in total. The number of aryl methyl sites for hydroxylation is 2. The lowest BCUT2D eigenvalue weighted by Gasteiger charge is -2.11. The fourth-order valence-corrected chi connectivity index (χ4v) is 2.29. The summed E-state index contributed by atoms with van der Waals surface area (Å²) in [4.78, 5) is 31.6. The zero-order chi connectivity index (χ0) is 20.0. The zero-order valence-electron chi connectivity index (χ0n) is 15.2. The second-order valence-electron chi connectivity index (χ2n) is 5.90. The Kier molecular flexibility index (Phi) is 6.75. The van der Waals surface area contributed by atoms with Gasteiger partial charge in [-0.05, 0) is 37.1 Å². The Balaban J connectivity index is 2.03. The van der Waals surface area contributed by atoms with Gasteiger partial charge in [-0.1, -0.05) is 0 Å². The Hall–Kier alpha value is -3.10. The SMILES string of the molecule is CC(=O)Nc1cc(C(=O)NCc2cnc(OCC(F)F)cc2C)cc(C)n1. The number of ether oxygens (including phenoxy) is 1. The molecule has 0 spiro atoms. The van der Waals surface area contributed by atoms with E-state index in [0.717, 1.165) is 11.1 Å². The van der Waals surface area contributed by atoms with Gasteiger partial charge in [0.05, 0.1) is 0 Å². The Morgan fingerprint density at radius 3 is 2.59 bits per heavy atom. The minimum absolute atomic E-state index is 0.104. The number of rotatable bonds is 7. The number of carbonyl (C=O) groups is 2. The Bertz CT molecular complexity index is 843. The Labute approximate surface area is 155 Å². The van der Waals surface area contributed by atoms with Crippen molar-refractivity contribution in [3.8, 4) is 5.88 Å². The first-order valence-electron chi connectivity index (χ1n) is 8.15. The van der Waals surface area contributed by atoms with E-state index < -0.39 is 13.0 Å². The van der Waals surface area contributed by atoms with Gasteiger partial charge in [0.25, 0.3) is 12.3 Å². The number of amides is 2. The van der Waals surface area contributed by atoms with Gasteiger partial charge < -0.3 is 15.4 Å². The maximum Gasteiger partial charge on any atom is 0.272 e. The van der Waals surface area contributed by atoms with Crippen molar-refractivity contribution in [3.63, 3.8) is 0 Å². The first kappa shape index (κ1) is 20.2. The van der Waals surface area contributed by atoms with Crippen LogP contribution in [0, 0.1) is 13.8 Å². The van der Waals surface area contributed by atoms with Gasteiger partial charge in [0.2, 0.25) is 11.8 Å². The van der Waals surface area contributed by atoms with Crippen LogP contribution >= 0.6 is 0 Å². The number of alkyl halides is 2. The predicted octanol–water partition coefficient (Wildman–Crippen LogP) is 2.63. The van der Waals surface area contributed by atoms with E-state index in [1.54, 1.807) is 19.9 Å². The number of nitrogens with one attached hydrogen (secondary N) is 2. The molecule has 0 saturated heterocycles. The highest BCUT2D eigenvalue weighted by molar-refractivity contribution is 5.96. The van der Waals surface area contributed by atoms with Crippen molar-refractivity contribution in [3.05, 3.63) is 46.8 Å². The summed E-state index contributed by atoms with van der Waals surface area (Å²) >= 11 is 0. The molecule has 0 aliphatic rings. The van der Waals surface area contributed by atoms with E-state index in [1.165, 1.54) is 25.3 Å². The molecule has 0 saturated carbocycles. The van der Waals surface area contributed by atoms with Crippen LogP contribution in [0.25, 0.3) is 0 Å². The second kappa shape index (κ2) is 9.02. The summed E-state index contributed by atoms with van der Waals surface area (Å²) in [5.41, 5.74) is 2.42. The lowest BCUT2D eigenvalue weighted by molar-refractivity contribution is -0.114. The van der Waals surface area contributed by atoms with Gasteiger partial charge in [-0.2, -0.15) is 0 Å². The highest BCUT2D eigenvalue weighted by Crippen LogP contribution is 2.15. The summed E-state index contributed by atoms with van der Waals surface area (Å²) in [5, 5.41) is 5.30. The molecule has 2 aromatic rings. The summed E-state index contributed by atoms with van der Waals surface area (Å²) in [5.74, 6) is -0.224. The van der Waals surface area contributed by atoms with E-state index in [9.17, 15) is 18.4 Å². The van der Waals surface area contributed by atoms with E-state index in [2.05, 4.69) is 20.6 Å². The summed E-state index contributed by atoms with van der Waals surface area (Å²) < 4.78 is 29.2. The van der Waals surface area contributed by atoms with Crippen LogP contribution in [-0.4, -0.2) is 34.8 Å². The third-order valence-electron chi connectivity index (χ3n) is 3.51. The van der Waals surface area contributed by atoms with Crippen molar-refractivity contribution in [2.75, 3.05) is 11.9 Å². The molecule has 2 rings (SSSR count). The van der Waals surface area contributed by atoms with Crippen LogP contribution < -0.4 is 15.4 Å². The van der Waals surface area contributed by atoms with Crippen LogP contribution in [0.5, 0.6) is 5.88 Å². The topological polar surface area (TPSA) is 93.2 Å². The average Bonchev–Trinajstić information content (AvgIpc) is 2.57. The van der Waals surface area contributed by atoms with Crippen LogP contribution in [-0.2, 0) is 11.3 Å². The fourth-order valence-electron chi connectivity index (χ4n) is 2.29. The maximum atomic E-state index is 12.4. The molecule has 0 bridgehead atoms. The molecule has 2 aromatic heterocycles. The van der Waals surface area contributed by atoms with E-state index in [4.69, 9.17) is 4.74 Å². The summed E-state index contributed by atoms with van der Waals surface area (Å²) in [7, 11) is 0. The van der Waals surface area contributed by atoms with E-state index in [0.29, 0.717) is 17.1 Å². The number of hydrogen-bond acceptors (Lipinski definition) is 5. The Morgan fingerprint density at radius 2 is 1.96 bits per heavy atom. The number of aromatic nitrogens is 2. The van der Waals surface area contributed by atoms with Crippen molar-refractivity contribution in [1.82, 2.24) is 15.3 Å². The lowest BCUT2D eigenvalue weighted by Crippen LogP contribution is -2.24. The molecular formula is C18H20F2N4O3. The Morgan fingerprint density at radius 1 is 1.22 bits per heavy atom. The van der Waals surface area contributed by atoms with E-state index in [-0.39, 0.29) is 24.2 Å². The molecular weight excluding hydrogens is 358 g/mol. The number of halogens is 2. The smallest absolute Gasteiger partial charge is 0.272 e. The van der Waals surface area contributed by atoms with Crippen LogP contribution in [0.4, 0.5) is 14.6 Å². The van der Waals surface area contributed by atoms with E-state index >= 15 is 0 Å². The standard InChI is InChI=1S/C18H20F2N4O3/c1-10-4-17(27-9-15(19)20)21-7-14(10)8-22-18(26)13-5-11(2)23-16(6-13)24-12(3)25/h4-7,15H,8-9H2,1-3H3,(H,22,26)(H,23,24,25). The molecule has 0 fully saturated rings. The van der Waals surface area contributed by atoms with Crippen molar-refractivity contribution >= 4 is 17.6 Å². The van der Waals surface area contributed by atoms with Crippen molar-refractivity contribution in [2.24, 2.45) is 0 Å². The molecule has 0 radical (unpaired) electrons. The molecule has 144 valence electrons. The lowest BCUT2D eigenvalue weighted by atomic mass is 10.1. The minimum atomic E-state index is -2.57. The molecule has 9 heteroatoms. The molecule has 0 aliphatic heterocycles. The normalized spacial score (nSPS) is 10.6. The number of hydrogen-bond donors (Lipinski definition) is 2. The molecule has 2 N–H and O–H groups in total. The predicted molar refractivity (Wildman–Crippen MR) is 94.9 cm³/mol. The number of nitrogens with zero attached hydrogens (tertiary/aromatic N) is 2. The molecule has 0 aromatic carbocycles. The van der Waals surface area contributed by atoms with Crippen molar-refractivity contribution in [1.29, 1.82) is 0 Å². The van der Waals surface area contributed by atoms with Crippen LogP contribution in [0.15, 0.2) is 24.4 Å². The molecule has 2 amide bonds. The first-order chi connectivity index (χ1) is 12.7. The quantitative estimate of drug-likeness (QED) is 0.773. The highest BCUT2D eigenvalue weighted by Gasteiger charge is 2.11. The van der Waals surface area contributed by atoms with Gasteiger partial charge in [0, 0.05) is 37.0 Å². The average molecular weight is 378 g/mol. The molecule has 2 heterocycles. The van der Waals surface area contributed by atoms with Crippen LogP contribution in [0.3, 0.4) is 0 Å². The first-order valence-corrected chi connectivity index (χ1v) is 8.15.